The number of hydrogen-bond donors (Lipinski definition) is 1. The Bertz CT molecular complexity index is 519. The Morgan fingerprint density at radius 3 is 2.65 bits per heavy atom. The topological polar surface area (TPSA) is 21.3 Å². The van der Waals surface area contributed by atoms with Crippen molar-refractivity contribution in [2.24, 2.45) is 0 Å². The fraction of sp³-hybridized carbons (Fsp3) is 0.200. The Hall–Kier alpha value is -1.96. The van der Waals surface area contributed by atoms with Gasteiger partial charge in [0.15, 0.2) is 0 Å². The minimum absolute atomic E-state index is 0.241. The number of anilines is 1. The average molecular weight is 225 g/mol. The zero-order valence-corrected chi connectivity index (χ0v) is 9.81. The number of para-hydroxylation sites is 2. The predicted octanol–water partition coefficient (Wildman–Crippen LogP) is 3.54. The number of benzene rings is 2. The molecule has 0 amide bonds. The molecule has 2 nitrogen and oxygen atoms in total. The van der Waals surface area contributed by atoms with Gasteiger partial charge in [0, 0.05) is 0 Å². The summed E-state index contributed by atoms with van der Waals surface area (Å²) < 4.78 is 5.76. The van der Waals surface area contributed by atoms with Crippen LogP contribution in [0.5, 0.6) is 5.75 Å². The van der Waals surface area contributed by atoms with Gasteiger partial charge in [-0.25, -0.2) is 0 Å². The number of aryl methyl sites for hydroxylation is 1. The van der Waals surface area contributed by atoms with Crippen LogP contribution in [0.2, 0.25) is 0 Å². The summed E-state index contributed by atoms with van der Waals surface area (Å²) >= 11 is 0. The molecule has 1 N–H and O–H groups in total. The van der Waals surface area contributed by atoms with Crippen LogP contribution in [0.25, 0.3) is 0 Å². The van der Waals surface area contributed by atoms with E-state index in [0.717, 1.165) is 11.4 Å². The molecule has 2 aromatic carbocycles. The van der Waals surface area contributed by atoms with E-state index in [9.17, 15) is 0 Å². The number of rotatable bonds is 1. The molecule has 0 radical (unpaired) electrons. The second-order valence-electron chi connectivity index (χ2n) is 4.41. The molecule has 17 heavy (non-hydrogen) atoms. The van der Waals surface area contributed by atoms with Crippen LogP contribution in [0.3, 0.4) is 0 Å². The highest BCUT2D eigenvalue weighted by atomic mass is 16.5. The van der Waals surface area contributed by atoms with E-state index < -0.39 is 0 Å². The molecular weight excluding hydrogens is 210 g/mol. The van der Waals surface area contributed by atoms with E-state index in [-0.39, 0.29) is 6.04 Å². The maximum Gasteiger partial charge on any atom is 0.142 e. The summed E-state index contributed by atoms with van der Waals surface area (Å²) in [7, 11) is 0. The predicted molar refractivity (Wildman–Crippen MR) is 69.5 cm³/mol. The van der Waals surface area contributed by atoms with Gasteiger partial charge in [0.25, 0.3) is 0 Å². The van der Waals surface area contributed by atoms with Crippen LogP contribution in [0.4, 0.5) is 5.69 Å². The maximum atomic E-state index is 5.76. The lowest BCUT2D eigenvalue weighted by Crippen LogP contribution is -2.23. The molecule has 0 spiro atoms. The number of nitrogens with one attached hydrogen (secondary N) is 1. The van der Waals surface area contributed by atoms with E-state index in [1.165, 1.54) is 11.1 Å². The molecule has 0 fully saturated rings. The van der Waals surface area contributed by atoms with Crippen molar-refractivity contribution in [3.05, 3.63) is 59.7 Å². The fourth-order valence-electron chi connectivity index (χ4n) is 2.09. The molecule has 2 heteroatoms. The summed E-state index contributed by atoms with van der Waals surface area (Å²) in [6.07, 6.45) is 0. The summed E-state index contributed by atoms with van der Waals surface area (Å²) in [6, 6.07) is 16.9. The smallest absolute Gasteiger partial charge is 0.142 e. The van der Waals surface area contributed by atoms with Crippen molar-refractivity contribution in [2.45, 2.75) is 13.0 Å². The highest BCUT2D eigenvalue weighted by molar-refractivity contribution is 5.59. The zero-order chi connectivity index (χ0) is 11.7. The molecule has 1 atom stereocenters. The molecule has 86 valence electrons. The van der Waals surface area contributed by atoms with Crippen LogP contribution in [0.1, 0.15) is 17.2 Å². The quantitative estimate of drug-likeness (QED) is 0.801. The van der Waals surface area contributed by atoms with Gasteiger partial charge in [-0.2, -0.15) is 0 Å². The number of hydrogen-bond acceptors (Lipinski definition) is 2. The molecular formula is C15H15NO. The van der Waals surface area contributed by atoms with Gasteiger partial charge in [0.05, 0.1) is 11.7 Å². The second-order valence-corrected chi connectivity index (χ2v) is 4.41. The first-order valence-corrected chi connectivity index (χ1v) is 5.88. The highest BCUT2D eigenvalue weighted by Crippen LogP contribution is 2.33. The first-order chi connectivity index (χ1) is 8.33. The van der Waals surface area contributed by atoms with Crippen molar-refractivity contribution < 1.29 is 4.74 Å². The lowest BCUT2D eigenvalue weighted by Gasteiger charge is -2.27. The third-order valence-electron chi connectivity index (χ3n) is 3.10. The molecule has 0 aromatic heterocycles. The zero-order valence-electron chi connectivity index (χ0n) is 9.81. The van der Waals surface area contributed by atoms with E-state index in [2.05, 4.69) is 42.6 Å². The van der Waals surface area contributed by atoms with E-state index >= 15 is 0 Å². The van der Waals surface area contributed by atoms with Crippen molar-refractivity contribution >= 4 is 5.69 Å². The summed E-state index contributed by atoms with van der Waals surface area (Å²) in [5.74, 6) is 0.941. The Morgan fingerprint density at radius 2 is 1.82 bits per heavy atom. The van der Waals surface area contributed by atoms with Gasteiger partial charge in [-0.15, -0.1) is 0 Å². The third-order valence-corrected chi connectivity index (χ3v) is 3.10. The first kappa shape index (κ1) is 10.2. The minimum Gasteiger partial charge on any atom is -0.489 e. The van der Waals surface area contributed by atoms with E-state index in [1.54, 1.807) is 0 Å². The van der Waals surface area contributed by atoms with Crippen LogP contribution >= 0.6 is 0 Å². The largest absolute Gasteiger partial charge is 0.489 e. The van der Waals surface area contributed by atoms with Crippen LogP contribution < -0.4 is 10.1 Å². The van der Waals surface area contributed by atoms with Gasteiger partial charge in [0.1, 0.15) is 12.4 Å². The van der Waals surface area contributed by atoms with Gasteiger partial charge in [-0.3, -0.25) is 0 Å². The SMILES string of the molecule is Cc1ccc([C@H]2COc3ccccc3N2)cc1. The second kappa shape index (κ2) is 4.13. The normalized spacial score (nSPS) is 17.8. The van der Waals surface area contributed by atoms with Gasteiger partial charge in [-0.05, 0) is 24.6 Å². The van der Waals surface area contributed by atoms with Crippen molar-refractivity contribution in [2.75, 3.05) is 11.9 Å². The third kappa shape index (κ3) is 1.98. The van der Waals surface area contributed by atoms with E-state index in [0.29, 0.717) is 6.61 Å². The monoisotopic (exact) mass is 225 g/mol. The van der Waals surface area contributed by atoms with Gasteiger partial charge in [-0.1, -0.05) is 42.0 Å². The standard InChI is InChI=1S/C15H15NO/c1-11-6-8-12(9-7-11)14-10-17-15-5-3-2-4-13(15)16-14/h2-9,14,16H,10H2,1H3/t14-/m1/s1. The number of fused-ring (bicyclic) bond motifs is 1. The molecule has 0 saturated carbocycles. The van der Waals surface area contributed by atoms with Crippen molar-refractivity contribution in [3.63, 3.8) is 0 Å². The Kier molecular flexibility index (Phi) is 2.48. The van der Waals surface area contributed by atoms with Gasteiger partial charge in [0.2, 0.25) is 0 Å². The molecule has 0 saturated heterocycles. The van der Waals surface area contributed by atoms with E-state index in [1.807, 2.05) is 18.2 Å². The lowest BCUT2D eigenvalue weighted by atomic mass is 10.0. The summed E-state index contributed by atoms with van der Waals surface area (Å²) in [5, 5.41) is 3.51. The Labute approximate surface area is 101 Å². The number of ether oxygens (including phenoxy) is 1. The molecule has 2 aromatic rings. The molecule has 1 aliphatic rings. The average Bonchev–Trinajstić information content (AvgIpc) is 2.39. The molecule has 1 heterocycles. The minimum atomic E-state index is 0.241. The summed E-state index contributed by atoms with van der Waals surface area (Å²) in [4.78, 5) is 0. The highest BCUT2D eigenvalue weighted by Gasteiger charge is 2.19. The molecule has 3 rings (SSSR count). The summed E-state index contributed by atoms with van der Waals surface area (Å²) in [5.41, 5.74) is 3.63. The van der Waals surface area contributed by atoms with Crippen LogP contribution in [0, 0.1) is 6.92 Å². The van der Waals surface area contributed by atoms with Crippen molar-refractivity contribution in [1.82, 2.24) is 0 Å². The van der Waals surface area contributed by atoms with Crippen LogP contribution in [-0.2, 0) is 0 Å². The van der Waals surface area contributed by atoms with Gasteiger partial charge >= 0.3 is 0 Å². The molecule has 0 unspecified atom stereocenters. The fourth-order valence-corrected chi connectivity index (χ4v) is 2.09. The van der Waals surface area contributed by atoms with Crippen LogP contribution in [-0.4, -0.2) is 6.61 Å². The lowest BCUT2D eigenvalue weighted by molar-refractivity contribution is 0.286. The Balaban J connectivity index is 1.86. The van der Waals surface area contributed by atoms with E-state index in [4.69, 9.17) is 4.74 Å². The Morgan fingerprint density at radius 1 is 1.06 bits per heavy atom. The van der Waals surface area contributed by atoms with Crippen molar-refractivity contribution in [1.29, 1.82) is 0 Å². The van der Waals surface area contributed by atoms with Gasteiger partial charge < -0.3 is 10.1 Å². The summed E-state index contributed by atoms with van der Waals surface area (Å²) in [6.45, 7) is 2.78. The molecule has 1 aliphatic heterocycles. The maximum absolute atomic E-state index is 5.76. The molecule has 0 aliphatic carbocycles. The molecule has 0 bridgehead atoms. The first-order valence-electron chi connectivity index (χ1n) is 5.88. The van der Waals surface area contributed by atoms with Crippen LogP contribution in [0.15, 0.2) is 48.5 Å². The van der Waals surface area contributed by atoms with Crippen molar-refractivity contribution in [3.8, 4) is 5.75 Å².